The zero-order valence-corrected chi connectivity index (χ0v) is 13.4. The molecule has 2 atom stereocenters. The molecule has 2 unspecified atom stereocenters. The third-order valence-corrected chi connectivity index (χ3v) is 6.11. The highest BCUT2D eigenvalue weighted by Crippen LogP contribution is 2.48. The van der Waals surface area contributed by atoms with Crippen molar-refractivity contribution in [2.75, 3.05) is 33.2 Å². The summed E-state index contributed by atoms with van der Waals surface area (Å²) >= 11 is 0. The maximum atomic E-state index is 6.23. The highest BCUT2D eigenvalue weighted by atomic mass is 15.3. The Hall–Kier alpha value is -0.120. The molecule has 2 fully saturated rings. The Bertz CT molecular complexity index is 302. The molecule has 3 nitrogen and oxygen atoms in total. The van der Waals surface area contributed by atoms with E-state index in [1.54, 1.807) is 0 Å². The molecule has 1 aliphatic carbocycles. The van der Waals surface area contributed by atoms with Crippen molar-refractivity contribution in [2.45, 2.75) is 64.5 Å². The molecule has 0 spiro atoms. The first-order chi connectivity index (χ1) is 8.97. The molecule has 0 aromatic carbocycles. The lowest BCUT2D eigenvalue weighted by Crippen LogP contribution is -2.60. The van der Waals surface area contributed by atoms with Crippen LogP contribution < -0.4 is 5.73 Å². The van der Waals surface area contributed by atoms with Gasteiger partial charge in [-0.3, -0.25) is 9.80 Å². The predicted molar refractivity (Wildman–Crippen MR) is 82.3 cm³/mol. The van der Waals surface area contributed by atoms with Crippen LogP contribution >= 0.6 is 0 Å². The lowest BCUT2D eigenvalue weighted by Gasteiger charge is -2.49. The van der Waals surface area contributed by atoms with E-state index in [1.165, 1.54) is 51.7 Å². The van der Waals surface area contributed by atoms with E-state index in [2.05, 4.69) is 37.6 Å². The molecule has 0 radical (unpaired) electrons. The van der Waals surface area contributed by atoms with E-state index < -0.39 is 0 Å². The fourth-order valence-corrected chi connectivity index (χ4v) is 4.64. The van der Waals surface area contributed by atoms with E-state index in [9.17, 15) is 0 Å². The van der Waals surface area contributed by atoms with Gasteiger partial charge in [0, 0.05) is 24.7 Å². The van der Waals surface area contributed by atoms with E-state index in [1.807, 2.05) is 0 Å². The molecule has 2 aliphatic rings. The molecule has 1 saturated heterocycles. The maximum Gasteiger partial charge on any atom is 0.0380 e. The lowest BCUT2D eigenvalue weighted by molar-refractivity contribution is 0.0176. The summed E-state index contributed by atoms with van der Waals surface area (Å²) in [4.78, 5) is 5.25. The third kappa shape index (κ3) is 2.57. The Kier molecular flexibility index (Phi) is 4.59. The summed E-state index contributed by atoms with van der Waals surface area (Å²) in [6.45, 7) is 11.6. The van der Waals surface area contributed by atoms with Crippen LogP contribution in [0.25, 0.3) is 0 Å². The average molecular weight is 267 g/mol. The van der Waals surface area contributed by atoms with Crippen molar-refractivity contribution in [1.29, 1.82) is 0 Å². The molecule has 1 saturated carbocycles. The van der Waals surface area contributed by atoms with Crippen LogP contribution in [-0.4, -0.2) is 54.6 Å². The summed E-state index contributed by atoms with van der Waals surface area (Å²) in [5.74, 6) is 0. The van der Waals surface area contributed by atoms with Gasteiger partial charge in [0.2, 0.25) is 0 Å². The second-order valence-corrected chi connectivity index (χ2v) is 7.28. The monoisotopic (exact) mass is 267 g/mol. The third-order valence-electron chi connectivity index (χ3n) is 6.11. The Balaban J connectivity index is 2.07. The van der Waals surface area contributed by atoms with Gasteiger partial charge in [-0.15, -0.1) is 0 Å². The fourth-order valence-electron chi connectivity index (χ4n) is 4.64. The van der Waals surface area contributed by atoms with Crippen molar-refractivity contribution in [2.24, 2.45) is 11.1 Å². The van der Waals surface area contributed by atoms with Gasteiger partial charge in [-0.2, -0.15) is 0 Å². The van der Waals surface area contributed by atoms with Crippen molar-refractivity contribution in [1.82, 2.24) is 9.80 Å². The first-order valence-corrected chi connectivity index (χ1v) is 8.12. The average Bonchev–Trinajstić information content (AvgIpc) is 2.93. The van der Waals surface area contributed by atoms with E-state index in [0.717, 1.165) is 12.6 Å². The number of likely N-dealkylation sites (tertiary alicyclic amines) is 1. The zero-order chi connectivity index (χ0) is 14.1. The SMILES string of the molecule is CCN1CCCC1CN(C)C1(CN)CCCC1(C)C. The van der Waals surface area contributed by atoms with Crippen LogP contribution in [0.2, 0.25) is 0 Å². The van der Waals surface area contributed by atoms with Gasteiger partial charge in [-0.05, 0) is 51.2 Å². The van der Waals surface area contributed by atoms with E-state index >= 15 is 0 Å². The van der Waals surface area contributed by atoms with Crippen molar-refractivity contribution >= 4 is 0 Å². The molecule has 112 valence electrons. The van der Waals surface area contributed by atoms with Gasteiger partial charge in [0.15, 0.2) is 0 Å². The van der Waals surface area contributed by atoms with Gasteiger partial charge in [0.05, 0.1) is 0 Å². The predicted octanol–water partition coefficient (Wildman–Crippen LogP) is 2.31. The minimum absolute atomic E-state index is 0.217. The summed E-state index contributed by atoms with van der Waals surface area (Å²) < 4.78 is 0. The van der Waals surface area contributed by atoms with Crippen molar-refractivity contribution in [3.8, 4) is 0 Å². The largest absolute Gasteiger partial charge is 0.329 e. The molecule has 0 aromatic rings. The van der Waals surface area contributed by atoms with E-state index in [-0.39, 0.29) is 5.54 Å². The van der Waals surface area contributed by atoms with Crippen LogP contribution in [0.1, 0.15) is 52.9 Å². The van der Waals surface area contributed by atoms with Crippen LogP contribution in [-0.2, 0) is 0 Å². The molecule has 0 amide bonds. The topological polar surface area (TPSA) is 32.5 Å². The van der Waals surface area contributed by atoms with E-state index in [0.29, 0.717) is 5.41 Å². The second-order valence-electron chi connectivity index (χ2n) is 7.28. The minimum Gasteiger partial charge on any atom is -0.329 e. The lowest BCUT2D eigenvalue weighted by atomic mass is 9.73. The Labute approximate surface area is 119 Å². The van der Waals surface area contributed by atoms with E-state index in [4.69, 9.17) is 5.73 Å². The Morgan fingerprint density at radius 3 is 2.53 bits per heavy atom. The number of nitrogens with zero attached hydrogens (tertiary/aromatic N) is 2. The number of hydrogen-bond donors (Lipinski definition) is 1. The molecular formula is C16H33N3. The van der Waals surface area contributed by atoms with Crippen LogP contribution in [0, 0.1) is 5.41 Å². The normalized spacial score (nSPS) is 35.4. The fraction of sp³-hybridized carbons (Fsp3) is 1.00. The van der Waals surface area contributed by atoms with Gasteiger partial charge in [0.25, 0.3) is 0 Å². The molecule has 3 heteroatoms. The standard InChI is InChI=1S/C16H33N3/c1-5-19-11-6-8-14(19)12-18(4)16(13-17)10-7-9-15(16,2)3/h14H,5-13,17H2,1-4H3. The molecule has 0 aromatic heterocycles. The van der Waals surface area contributed by atoms with Crippen LogP contribution in [0.15, 0.2) is 0 Å². The van der Waals surface area contributed by atoms with Gasteiger partial charge in [-0.1, -0.05) is 27.2 Å². The second kappa shape index (κ2) is 5.71. The van der Waals surface area contributed by atoms with Crippen LogP contribution in [0.5, 0.6) is 0 Å². The molecule has 2 N–H and O–H groups in total. The summed E-state index contributed by atoms with van der Waals surface area (Å²) in [5.41, 5.74) is 6.80. The van der Waals surface area contributed by atoms with Crippen molar-refractivity contribution in [3.63, 3.8) is 0 Å². The number of likely N-dealkylation sites (N-methyl/N-ethyl adjacent to an activating group) is 2. The Morgan fingerprint density at radius 1 is 1.26 bits per heavy atom. The van der Waals surface area contributed by atoms with Crippen molar-refractivity contribution in [3.05, 3.63) is 0 Å². The van der Waals surface area contributed by atoms with Gasteiger partial charge < -0.3 is 5.73 Å². The summed E-state index contributed by atoms with van der Waals surface area (Å²) in [6, 6.07) is 0.745. The van der Waals surface area contributed by atoms with Crippen LogP contribution in [0.4, 0.5) is 0 Å². The number of hydrogen-bond acceptors (Lipinski definition) is 3. The molecule has 2 rings (SSSR count). The maximum absolute atomic E-state index is 6.23. The van der Waals surface area contributed by atoms with Gasteiger partial charge in [-0.25, -0.2) is 0 Å². The smallest absolute Gasteiger partial charge is 0.0380 e. The summed E-state index contributed by atoms with van der Waals surface area (Å²) in [7, 11) is 2.31. The number of rotatable bonds is 5. The molecule has 19 heavy (non-hydrogen) atoms. The summed E-state index contributed by atoms with van der Waals surface area (Å²) in [5, 5.41) is 0. The van der Waals surface area contributed by atoms with Gasteiger partial charge >= 0.3 is 0 Å². The highest BCUT2D eigenvalue weighted by Gasteiger charge is 2.50. The summed E-state index contributed by atoms with van der Waals surface area (Å²) in [6.07, 6.45) is 6.64. The first-order valence-electron chi connectivity index (χ1n) is 8.12. The molecular weight excluding hydrogens is 234 g/mol. The first kappa shape index (κ1) is 15.3. The minimum atomic E-state index is 0.217. The zero-order valence-electron chi connectivity index (χ0n) is 13.4. The van der Waals surface area contributed by atoms with Crippen LogP contribution in [0.3, 0.4) is 0 Å². The highest BCUT2D eigenvalue weighted by molar-refractivity contribution is 5.07. The van der Waals surface area contributed by atoms with Crippen molar-refractivity contribution < 1.29 is 0 Å². The Morgan fingerprint density at radius 2 is 2.00 bits per heavy atom. The van der Waals surface area contributed by atoms with Gasteiger partial charge in [0.1, 0.15) is 0 Å². The molecule has 1 aliphatic heterocycles. The number of nitrogens with two attached hydrogens (primary N) is 1. The molecule has 1 heterocycles. The molecule has 0 bridgehead atoms. The quantitative estimate of drug-likeness (QED) is 0.829.